The summed E-state index contributed by atoms with van der Waals surface area (Å²) in [6.45, 7) is 0.270. The molecule has 100 valence electrons. The Kier molecular flexibility index (Phi) is 2.57. The first-order valence-corrected chi connectivity index (χ1v) is 6.82. The molecule has 3 heterocycles. The third kappa shape index (κ3) is 1.65. The van der Waals surface area contributed by atoms with Gasteiger partial charge >= 0.3 is 0 Å². The summed E-state index contributed by atoms with van der Waals surface area (Å²) in [7, 11) is 0. The fraction of sp³-hybridized carbons (Fsp3) is 0.133. The molecular weight excluding hydrogens is 276 g/mol. The quantitative estimate of drug-likeness (QED) is 0.677. The van der Waals surface area contributed by atoms with Gasteiger partial charge in [0.2, 0.25) is 6.79 Å². The van der Waals surface area contributed by atoms with E-state index < -0.39 is 0 Å². The third-order valence-corrected chi connectivity index (χ3v) is 3.65. The van der Waals surface area contributed by atoms with Crippen LogP contribution in [-0.2, 0) is 5.88 Å². The van der Waals surface area contributed by atoms with Crippen LogP contribution in [0, 0.1) is 0 Å². The number of fused-ring (bicyclic) bond motifs is 2. The Morgan fingerprint density at radius 2 is 2.05 bits per heavy atom. The zero-order valence-corrected chi connectivity index (χ0v) is 11.3. The fourth-order valence-corrected chi connectivity index (χ4v) is 2.70. The molecule has 0 atom stereocenters. The van der Waals surface area contributed by atoms with E-state index in [1.807, 2.05) is 47.0 Å². The minimum atomic E-state index is 0.270. The molecule has 1 aliphatic rings. The van der Waals surface area contributed by atoms with E-state index in [0.29, 0.717) is 5.88 Å². The number of pyridine rings is 1. The minimum absolute atomic E-state index is 0.270. The summed E-state index contributed by atoms with van der Waals surface area (Å²) in [5.41, 5.74) is 3.72. The summed E-state index contributed by atoms with van der Waals surface area (Å²) in [4.78, 5) is 4.66. The summed E-state index contributed by atoms with van der Waals surface area (Å²) >= 11 is 6.10. The monoisotopic (exact) mass is 286 g/mol. The van der Waals surface area contributed by atoms with Gasteiger partial charge in [-0.3, -0.25) is 0 Å². The van der Waals surface area contributed by atoms with Crippen LogP contribution < -0.4 is 9.47 Å². The van der Waals surface area contributed by atoms with E-state index in [9.17, 15) is 0 Å². The number of imidazole rings is 1. The second-order valence-electron chi connectivity index (χ2n) is 4.54. The SMILES string of the molecule is ClCc1c(-c2ccc3c(c2)OCO3)nc2ccccn12. The largest absolute Gasteiger partial charge is 0.454 e. The lowest BCUT2D eigenvalue weighted by Crippen LogP contribution is -1.93. The van der Waals surface area contributed by atoms with Crippen LogP contribution in [0.2, 0.25) is 0 Å². The molecule has 20 heavy (non-hydrogen) atoms. The highest BCUT2D eigenvalue weighted by Gasteiger charge is 2.18. The van der Waals surface area contributed by atoms with Crippen LogP contribution in [0.4, 0.5) is 0 Å². The number of nitrogens with zero attached hydrogens (tertiary/aromatic N) is 2. The molecule has 4 nitrogen and oxygen atoms in total. The molecule has 1 aromatic carbocycles. The number of alkyl halides is 1. The van der Waals surface area contributed by atoms with E-state index in [1.165, 1.54) is 0 Å². The van der Waals surface area contributed by atoms with Crippen molar-refractivity contribution in [1.29, 1.82) is 0 Å². The average molecular weight is 287 g/mol. The molecule has 0 amide bonds. The fourth-order valence-electron chi connectivity index (χ4n) is 2.45. The van der Waals surface area contributed by atoms with Gasteiger partial charge in [-0.2, -0.15) is 0 Å². The zero-order chi connectivity index (χ0) is 13.5. The van der Waals surface area contributed by atoms with Crippen molar-refractivity contribution in [3.8, 4) is 22.8 Å². The van der Waals surface area contributed by atoms with Gasteiger partial charge in [-0.05, 0) is 30.3 Å². The Balaban J connectivity index is 1.93. The number of hydrogen-bond donors (Lipinski definition) is 0. The van der Waals surface area contributed by atoms with Crippen molar-refractivity contribution in [3.63, 3.8) is 0 Å². The van der Waals surface area contributed by atoms with Crippen molar-refractivity contribution in [2.75, 3.05) is 6.79 Å². The topological polar surface area (TPSA) is 35.8 Å². The van der Waals surface area contributed by atoms with Crippen molar-refractivity contribution in [2.45, 2.75) is 5.88 Å². The molecule has 0 fully saturated rings. The van der Waals surface area contributed by atoms with Crippen LogP contribution in [0.1, 0.15) is 5.69 Å². The first kappa shape index (κ1) is 11.6. The lowest BCUT2D eigenvalue weighted by molar-refractivity contribution is 0.174. The van der Waals surface area contributed by atoms with Gasteiger partial charge in [0.15, 0.2) is 11.5 Å². The molecular formula is C15H11ClN2O2. The van der Waals surface area contributed by atoms with Crippen LogP contribution in [0.15, 0.2) is 42.6 Å². The van der Waals surface area contributed by atoms with Crippen LogP contribution in [0.25, 0.3) is 16.9 Å². The third-order valence-electron chi connectivity index (χ3n) is 3.40. The van der Waals surface area contributed by atoms with Crippen molar-refractivity contribution in [2.24, 2.45) is 0 Å². The number of benzene rings is 1. The van der Waals surface area contributed by atoms with Crippen LogP contribution in [-0.4, -0.2) is 16.2 Å². The second-order valence-corrected chi connectivity index (χ2v) is 4.80. The Bertz CT molecular complexity index is 798. The van der Waals surface area contributed by atoms with Crippen molar-refractivity contribution in [1.82, 2.24) is 9.38 Å². The molecule has 0 radical (unpaired) electrons. The Morgan fingerprint density at radius 1 is 1.15 bits per heavy atom. The summed E-state index contributed by atoms with van der Waals surface area (Å²) in [6, 6.07) is 11.7. The Morgan fingerprint density at radius 3 is 2.95 bits per heavy atom. The smallest absolute Gasteiger partial charge is 0.231 e. The molecule has 0 spiro atoms. The molecule has 0 N–H and O–H groups in total. The first-order chi connectivity index (χ1) is 9.86. The van der Waals surface area contributed by atoms with E-state index in [-0.39, 0.29) is 6.79 Å². The average Bonchev–Trinajstić information content (AvgIpc) is 3.10. The van der Waals surface area contributed by atoms with E-state index in [4.69, 9.17) is 21.1 Å². The Labute approximate surface area is 120 Å². The predicted molar refractivity (Wildman–Crippen MR) is 76.3 cm³/mol. The standard InChI is InChI=1S/C15H11ClN2O2/c16-8-11-15(17-14-3-1-2-6-18(11)14)10-4-5-12-13(7-10)20-9-19-12/h1-7H,8-9H2. The number of hydrogen-bond acceptors (Lipinski definition) is 3. The summed E-state index contributed by atoms with van der Waals surface area (Å²) in [5, 5.41) is 0. The molecule has 4 rings (SSSR count). The van der Waals surface area contributed by atoms with Crippen LogP contribution >= 0.6 is 11.6 Å². The van der Waals surface area contributed by atoms with E-state index in [1.54, 1.807) is 0 Å². The molecule has 0 aliphatic carbocycles. The zero-order valence-electron chi connectivity index (χ0n) is 10.5. The summed E-state index contributed by atoms with van der Waals surface area (Å²) < 4.78 is 12.8. The lowest BCUT2D eigenvalue weighted by atomic mass is 10.1. The van der Waals surface area contributed by atoms with E-state index in [0.717, 1.165) is 34.1 Å². The van der Waals surface area contributed by atoms with Crippen LogP contribution in [0.5, 0.6) is 11.5 Å². The molecule has 1 aliphatic heterocycles. The van der Waals surface area contributed by atoms with Gasteiger partial charge in [-0.1, -0.05) is 6.07 Å². The highest BCUT2D eigenvalue weighted by atomic mass is 35.5. The summed E-state index contributed by atoms with van der Waals surface area (Å²) in [5.74, 6) is 1.92. The van der Waals surface area contributed by atoms with E-state index >= 15 is 0 Å². The molecule has 3 aromatic rings. The van der Waals surface area contributed by atoms with Crippen molar-refractivity contribution < 1.29 is 9.47 Å². The van der Waals surface area contributed by atoms with Gasteiger partial charge < -0.3 is 13.9 Å². The van der Waals surface area contributed by atoms with Gasteiger partial charge in [-0.15, -0.1) is 11.6 Å². The summed E-state index contributed by atoms with van der Waals surface area (Å²) in [6.07, 6.45) is 1.97. The van der Waals surface area contributed by atoms with Gasteiger partial charge in [0.1, 0.15) is 5.65 Å². The van der Waals surface area contributed by atoms with Gasteiger partial charge in [-0.25, -0.2) is 4.98 Å². The number of aromatic nitrogens is 2. The predicted octanol–water partition coefficient (Wildman–Crippen LogP) is 3.47. The number of halogens is 1. The van der Waals surface area contributed by atoms with Gasteiger partial charge in [0.25, 0.3) is 0 Å². The number of rotatable bonds is 2. The molecule has 0 saturated carbocycles. The van der Waals surface area contributed by atoms with Crippen molar-refractivity contribution in [3.05, 3.63) is 48.3 Å². The molecule has 0 bridgehead atoms. The Hall–Kier alpha value is -2.20. The van der Waals surface area contributed by atoms with Gasteiger partial charge in [0.05, 0.1) is 17.3 Å². The van der Waals surface area contributed by atoms with Gasteiger partial charge in [0, 0.05) is 11.8 Å². The first-order valence-electron chi connectivity index (χ1n) is 6.29. The molecule has 2 aromatic heterocycles. The molecule has 0 unspecified atom stereocenters. The normalized spacial score (nSPS) is 13.1. The minimum Gasteiger partial charge on any atom is -0.454 e. The maximum absolute atomic E-state index is 6.10. The second kappa shape index (κ2) is 4.42. The lowest BCUT2D eigenvalue weighted by Gasteiger charge is -2.03. The van der Waals surface area contributed by atoms with Crippen LogP contribution in [0.3, 0.4) is 0 Å². The highest BCUT2D eigenvalue weighted by molar-refractivity contribution is 6.17. The maximum Gasteiger partial charge on any atom is 0.231 e. The van der Waals surface area contributed by atoms with Crippen molar-refractivity contribution >= 4 is 17.2 Å². The van der Waals surface area contributed by atoms with E-state index in [2.05, 4.69) is 4.98 Å². The molecule has 5 heteroatoms. The maximum atomic E-state index is 6.10. The number of ether oxygens (including phenoxy) is 2. The highest BCUT2D eigenvalue weighted by Crippen LogP contribution is 2.36. The molecule has 0 saturated heterocycles.